The third-order valence-electron chi connectivity index (χ3n) is 10.5. The van der Waals surface area contributed by atoms with E-state index in [0.717, 1.165) is 59.3 Å². The molecule has 0 radical (unpaired) electrons. The maximum absolute atomic E-state index is 13.4. The number of benzene rings is 2. The molecule has 2 saturated carbocycles. The number of aromatic nitrogens is 1. The summed E-state index contributed by atoms with van der Waals surface area (Å²) in [6.07, 6.45) is 2.83. The van der Waals surface area contributed by atoms with Crippen molar-refractivity contribution >= 4 is 17.5 Å². The molecule has 0 spiro atoms. The Morgan fingerprint density at radius 1 is 1.04 bits per heavy atom. The molecule has 0 bridgehead atoms. The third kappa shape index (κ3) is 10.8. The summed E-state index contributed by atoms with van der Waals surface area (Å²) in [4.78, 5) is 19.3. The lowest BCUT2D eigenvalue weighted by Crippen LogP contribution is -2.52. The lowest BCUT2D eigenvalue weighted by Gasteiger charge is -2.35. The highest BCUT2D eigenvalue weighted by atomic mass is 35.5. The van der Waals surface area contributed by atoms with Gasteiger partial charge in [0.25, 0.3) is 0 Å². The zero-order valence-corrected chi connectivity index (χ0v) is 31.8. The van der Waals surface area contributed by atoms with Gasteiger partial charge in [-0.25, -0.2) is 0 Å². The molecule has 0 aliphatic heterocycles. The SMILES string of the molecule is CC(CCCC(=O)N(C[C@@H](O)[C@H](O)[C@@H](O)[C@@H](O)CO)CC(C)(C)CO)c1ccc(Cl)c(CNC2(c3cnccc3-c3ccccc3OC3CC3)CC2)c1. The van der Waals surface area contributed by atoms with Crippen molar-refractivity contribution in [2.45, 2.75) is 114 Å². The van der Waals surface area contributed by atoms with Crippen LogP contribution in [0.2, 0.25) is 5.02 Å². The van der Waals surface area contributed by atoms with Gasteiger partial charge in [-0.05, 0) is 84.9 Å². The number of aliphatic hydroxyl groups is 6. The molecule has 290 valence electrons. The minimum Gasteiger partial charge on any atom is -0.490 e. The van der Waals surface area contributed by atoms with Crippen LogP contribution in [0, 0.1) is 5.41 Å². The number of nitrogens with one attached hydrogen (secondary N) is 1. The molecule has 1 aromatic heterocycles. The molecule has 7 N–H and O–H groups in total. The van der Waals surface area contributed by atoms with Crippen LogP contribution in [0.15, 0.2) is 60.9 Å². The third-order valence-corrected chi connectivity index (χ3v) is 10.9. The van der Waals surface area contributed by atoms with E-state index < -0.39 is 36.4 Å². The van der Waals surface area contributed by atoms with Gasteiger partial charge in [0.1, 0.15) is 30.2 Å². The van der Waals surface area contributed by atoms with Gasteiger partial charge in [0, 0.05) is 66.6 Å². The first kappa shape index (κ1) is 41.0. The summed E-state index contributed by atoms with van der Waals surface area (Å²) < 4.78 is 6.27. The molecular formula is C41H56ClN3O8. The van der Waals surface area contributed by atoms with Gasteiger partial charge >= 0.3 is 0 Å². The van der Waals surface area contributed by atoms with Crippen molar-refractivity contribution in [2.24, 2.45) is 5.41 Å². The van der Waals surface area contributed by atoms with Gasteiger partial charge in [-0.15, -0.1) is 0 Å². The fourth-order valence-electron chi connectivity index (χ4n) is 6.74. The quantitative estimate of drug-likeness (QED) is 0.0832. The average molecular weight is 754 g/mol. The van der Waals surface area contributed by atoms with Crippen LogP contribution in [-0.4, -0.2) is 103 Å². The highest BCUT2D eigenvalue weighted by Crippen LogP contribution is 2.50. The fourth-order valence-corrected chi connectivity index (χ4v) is 6.92. The number of hydrogen-bond acceptors (Lipinski definition) is 10. The van der Waals surface area contributed by atoms with Crippen LogP contribution >= 0.6 is 11.6 Å². The molecule has 12 heteroatoms. The molecule has 5 rings (SSSR count). The van der Waals surface area contributed by atoms with Crippen molar-refractivity contribution < 1.29 is 40.2 Å². The van der Waals surface area contributed by atoms with Gasteiger partial charge in [0.15, 0.2) is 0 Å². The topological polar surface area (TPSA) is 176 Å². The number of carbonyl (C=O) groups is 1. The summed E-state index contributed by atoms with van der Waals surface area (Å²) in [6.45, 7) is 5.02. The van der Waals surface area contributed by atoms with Crippen molar-refractivity contribution in [3.63, 3.8) is 0 Å². The number of amides is 1. The van der Waals surface area contributed by atoms with Gasteiger partial charge in [0.05, 0.1) is 12.7 Å². The summed E-state index contributed by atoms with van der Waals surface area (Å²) >= 11 is 6.74. The van der Waals surface area contributed by atoms with Crippen molar-refractivity contribution in [1.82, 2.24) is 15.2 Å². The molecule has 2 aliphatic rings. The van der Waals surface area contributed by atoms with Gasteiger partial charge in [-0.2, -0.15) is 0 Å². The Hall–Kier alpha value is -3.13. The maximum atomic E-state index is 13.4. The van der Waals surface area contributed by atoms with Crippen LogP contribution in [0.5, 0.6) is 5.75 Å². The zero-order valence-electron chi connectivity index (χ0n) is 31.0. The Kier molecular flexibility index (Phi) is 13.9. The summed E-state index contributed by atoms with van der Waals surface area (Å²) in [5, 5.41) is 64.2. The molecule has 53 heavy (non-hydrogen) atoms. The minimum atomic E-state index is -1.80. The largest absolute Gasteiger partial charge is 0.490 e. The zero-order chi connectivity index (χ0) is 38.3. The van der Waals surface area contributed by atoms with E-state index in [2.05, 4.69) is 35.4 Å². The van der Waals surface area contributed by atoms with Crippen molar-refractivity contribution in [1.29, 1.82) is 0 Å². The lowest BCUT2D eigenvalue weighted by molar-refractivity contribution is -0.142. The molecule has 1 unspecified atom stereocenters. The average Bonchev–Trinajstić information content (AvgIpc) is 4.11. The Bertz CT molecular complexity index is 1670. The lowest BCUT2D eigenvalue weighted by atomic mass is 9.92. The molecule has 2 fully saturated rings. The Morgan fingerprint density at radius 3 is 2.43 bits per heavy atom. The Balaban J connectivity index is 1.20. The van der Waals surface area contributed by atoms with Gasteiger partial charge in [-0.3, -0.25) is 9.78 Å². The molecule has 3 aromatic rings. The number of nitrogens with zero attached hydrogens (tertiary/aromatic N) is 2. The van der Waals surface area contributed by atoms with E-state index in [-0.39, 0.29) is 43.5 Å². The van der Waals surface area contributed by atoms with Gasteiger partial charge in [0.2, 0.25) is 5.91 Å². The van der Waals surface area contributed by atoms with Crippen LogP contribution in [-0.2, 0) is 16.9 Å². The van der Waals surface area contributed by atoms with E-state index in [1.165, 1.54) is 4.90 Å². The second-order valence-electron chi connectivity index (χ2n) is 15.7. The van der Waals surface area contributed by atoms with E-state index in [9.17, 15) is 30.3 Å². The predicted octanol–water partition coefficient (Wildman–Crippen LogP) is 4.28. The maximum Gasteiger partial charge on any atom is 0.222 e. The predicted molar refractivity (Wildman–Crippen MR) is 203 cm³/mol. The van der Waals surface area contributed by atoms with Crippen molar-refractivity contribution in [2.75, 3.05) is 26.3 Å². The van der Waals surface area contributed by atoms with E-state index in [4.69, 9.17) is 21.4 Å². The second kappa shape index (κ2) is 18.0. The fraction of sp³-hybridized carbons (Fsp3) is 0.561. The highest BCUT2D eigenvalue weighted by molar-refractivity contribution is 6.31. The number of carbonyl (C=O) groups excluding carboxylic acids is 1. The monoisotopic (exact) mass is 753 g/mol. The molecule has 1 heterocycles. The minimum absolute atomic E-state index is 0.108. The first-order chi connectivity index (χ1) is 25.3. The Morgan fingerprint density at radius 2 is 1.75 bits per heavy atom. The number of para-hydroxylation sites is 1. The molecule has 2 aliphatic carbocycles. The van der Waals surface area contributed by atoms with Crippen LogP contribution in [0.3, 0.4) is 0 Å². The van der Waals surface area contributed by atoms with Crippen LogP contribution < -0.4 is 10.1 Å². The second-order valence-corrected chi connectivity index (χ2v) is 16.1. The number of pyridine rings is 1. The van der Waals surface area contributed by atoms with E-state index in [1.54, 1.807) is 13.8 Å². The molecule has 5 atom stereocenters. The molecule has 11 nitrogen and oxygen atoms in total. The van der Waals surface area contributed by atoms with Crippen LogP contribution in [0.25, 0.3) is 11.1 Å². The summed E-state index contributed by atoms with van der Waals surface area (Å²) in [7, 11) is 0. The summed E-state index contributed by atoms with van der Waals surface area (Å²) in [5.74, 6) is 0.749. The molecule has 2 aromatic carbocycles. The first-order valence-corrected chi connectivity index (χ1v) is 19.1. The molecular weight excluding hydrogens is 698 g/mol. The standard InChI is InChI=1S/C41H56ClN3O8/c1-26(7-6-10-37(50)45(24-40(2,3)25-47)22-34(48)38(51)39(52)35(49)23-46)27-11-14-33(42)28(19-27)20-44-41(16-17-41)32-21-43-18-15-30(32)31-8-4-5-9-36(31)53-29-12-13-29/h4-5,8-9,11,14-15,18-19,21,26,29,34-35,38-39,44,46-49,51-52H,6-7,10,12-13,16-17,20,22-25H2,1-3H3/t26?,34-,35+,38+,39+/m1/s1. The van der Waals surface area contributed by atoms with E-state index in [0.29, 0.717) is 30.5 Å². The summed E-state index contributed by atoms with van der Waals surface area (Å²) in [6, 6.07) is 16.3. The van der Waals surface area contributed by atoms with Gasteiger partial charge in [-0.1, -0.05) is 62.7 Å². The highest BCUT2D eigenvalue weighted by Gasteiger charge is 2.46. The molecule has 1 amide bonds. The van der Waals surface area contributed by atoms with E-state index >= 15 is 0 Å². The van der Waals surface area contributed by atoms with Gasteiger partial charge < -0.3 is 45.6 Å². The number of aliphatic hydroxyl groups excluding tert-OH is 6. The number of hydrogen-bond donors (Lipinski definition) is 7. The van der Waals surface area contributed by atoms with E-state index in [1.807, 2.05) is 42.7 Å². The first-order valence-electron chi connectivity index (χ1n) is 18.7. The number of halogens is 1. The van der Waals surface area contributed by atoms with Crippen LogP contribution in [0.1, 0.15) is 88.3 Å². The normalized spacial score (nSPS) is 18.2. The Labute approximate surface area is 317 Å². The van der Waals surface area contributed by atoms with Crippen molar-refractivity contribution in [3.05, 3.63) is 82.6 Å². The number of rotatable bonds is 21. The van der Waals surface area contributed by atoms with Crippen molar-refractivity contribution in [3.8, 4) is 16.9 Å². The van der Waals surface area contributed by atoms with Crippen LogP contribution in [0.4, 0.5) is 0 Å². The molecule has 0 saturated heterocycles. The smallest absolute Gasteiger partial charge is 0.222 e. The number of ether oxygens (including phenoxy) is 1. The summed E-state index contributed by atoms with van der Waals surface area (Å²) in [5.41, 5.74) is 4.52.